The minimum atomic E-state index is -3.81. The number of carbonyl (C=O) groups is 2. The van der Waals surface area contributed by atoms with E-state index in [9.17, 15) is 18.0 Å². The lowest BCUT2D eigenvalue weighted by Crippen LogP contribution is -2.49. The maximum absolute atomic E-state index is 13.3. The van der Waals surface area contributed by atoms with Crippen LogP contribution in [0, 0.1) is 12.8 Å². The Kier molecular flexibility index (Phi) is 4.07. The van der Waals surface area contributed by atoms with Crippen LogP contribution in [-0.2, 0) is 19.6 Å². The average molecular weight is 385 g/mol. The van der Waals surface area contributed by atoms with E-state index >= 15 is 0 Å². The number of anilines is 1. The maximum atomic E-state index is 13.3. The molecule has 0 saturated heterocycles. The lowest BCUT2D eigenvalue weighted by atomic mass is 9.66. The second-order valence-corrected chi connectivity index (χ2v) is 8.88. The summed E-state index contributed by atoms with van der Waals surface area (Å²) in [6.45, 7) is 2.12. The minimum Gasteiger partial charge on any atom is -0.465 e. The number of rotatable bonds is 3. The molecular weight excluding hydrogens is 366 g/mol. The van der Waals surface area contributed by atoms with Crippen molar-refractivity contribution in [1.82, 2.24) is 0 Å². The van der Waals surface area contributed by atoms with E-state index in [1.807, 2.05) is 6.92 Å². The van der Waals surface area contributed by atoms with Crippen LogP contribution in [0.1, 0.15) is 33.8 Å². The first-order valence-electron chi connectivity index (χ1n) is 8.67. The van der Waals surface area contributed by atoms with Crippen molar-refractivity contribution in [3.63, 3.8) is 0 Å². The van der Waals surface area contributed by atoms with Crippen LogP contribution < -0.4 is 4.31 Å². The molecule has 0 N–H and O–H groups in total. The van der Waals surface area contributed by atoms with Crippen molar-refractivity contribution >= 4 is 27.5 Å². The Morgan fingerprint density at radius 3 is 2.48 bits per heavy atom. The van der Waals surface area contributed by atoms with Gasteiger partial charge in [0.2, 0.25) is 0 Å². The first-order chi connectivity index (χ1) is 12.8. The highest BCUT2D eigenvalue weighted by Gasteiger charge is 2.48. The number of nitrogens with zero attached hydrogens (tertiary/aromatic N) is 1. The number of benzene rings is 2. The molecule has 0 amide bonds. The van der Waals surface area contributed by atoms with E-state index < -0.39 is 16.0 Å². The number of fused-ring (bicyclic) bond motifs is 3. The summed E-state index contributed by atoms with van der Waals surface area (Å²) in [5, 5.41) is 0. The monoisotopic (exact) mass is 385 g/mol. The standard InChI is InChI=1S/C20H19NO5S/c1-12-3-6-15(7-4-12)27(24,25)21-11-14-10-18(22)19(14)16-8-5-13(9-17(16)21)20(23)26-2/h3-9,14,19H,10-11H2,1-2H3/t14-,19-/m1/s1. The highest BCUT2D eigenvalue weighted by Crippen LogP contribution is 2.49. The molecule has 1 fully saturated rings. The zero-order valence-corrected chi connectivity index (χ0v) is 15.8. The number of sulfonamides is 1. The fourth-order valence-electron chi connectivity index (χ4n) is 3.85. The zero-order valence-electron chi connectivity index (χ0n) is 15.0. The molecule has 7 heteroatoms. The third kappa shape index (κ3) is 2.73. The number of Topliss-reactive ketones (excluding diaryl/α,β-unsaturated/α-hetero) is 1. The zero-order chi connectivity index (χ0) is 19.3. The van der Waals surface area contributed by atoms with E-state index in [-0.39, 0.29) is 34.6 Å². The van der Waals surface area contributed by atoms with Gasteiger partial charge in [-0.05, 0) is 42.7 Å². The Morgan fingerprint density at radius 1 is 1.15 bits per heavy atom. The summed E-state index contributed by atoms with van der Waals surface area (Å²) in [6, 6.07) is 11.4. The van der Waals surface area contributed by atoms with Crippen molar-refractivity contribution in [1.29, 1.82) is 0 Å². The number of methoxy groups -OCH3 is 1. The molecule has 2 aromatic carbocycles. The molecule has 1 heterocycles. The van der Waals surface area contributed by atoms with Crippen LogP contribution in [0.2, 0.25) is 0 Å². The molecule has 6 nitrogen and oxygen atoms in total. The van der Waals surface area contributed by atoms with Gasteiger partial charge in [0.25, 0.3) is 10.0 Å². The quantitative estimate of drug-likeness (QED) is 0.759. The Hall–Kier alpha value is -2.67. The van der Waals surface area contributed by atoms with Crippen molar-refractivity contribution in [2.45, 2.75) is 24.2 Å². The molecule has 4 rings (SSSR count). The lowest BCUT2D eigenvalue weighted by Gasteiger charge is -2.45. The van der Waals surface area contributed by atoms with E-state index in [0.29, 0.717) is 17.7 Å². The molecule has 0 aromatic heterocycles. The molecule has 1 aliphatic carbocycles. The third-order valence-electron chi connectivity index (χ3n) is 5.35. The number of ketones is 1. The molecule has 0 spiro atoms. The van der Waals surface area contributed by atoms with Gasteiger partial charge in [0, 0.05) is 18.9 Å². The predicted molar refractivity (Wildman–Crippen MR) is 99.3 cm³/mol. The summed E-state index contributed by atoms with van der Waals surface area (Å²) >= 11 is 0. The van der Waals surface area contributed by atoms with E-state index in [4.69, 9.17) is 4.74 Å². The van der Waals surface area contributed by atoms with Crippen LogP contribution >= 0.6 is 0 Å². The molecule has 27 heavy (non-hydrogen) atoms. The van der Waals surface area contributed by atoms with Crippen molar-refractivity contribution in [3.8, 4) is 0 Å². The van der Waals surface area contributed by atoms with Gasteiger partial charge < -0.3 is 4.74 Å². The maximum Gasteiger partial charge on any atom is 0.337 e. The van der Waals surface area contributed by atoms with Gasteiger partial charge in [-0.15, -0.1) is 0 Å². The Balaban J connectivity index is 1.86. The van der Waals surface area contributed by atoms with E-state index in [0.717, 1.165) is 5.56 Å². The smallest absolute Gasteiger partial charge is 0.337 e. The second-order valence-electron chi connectivity index (χ2n) is 7.02. The van der Waals surface area contributed by atoms with Gasteiger partial charge in [-0.25, -0.2) is 13.2 Å². The van der Waals surface area contributed by atoms with Crippen LogP contribution in [0.5, 0.6) is 0 Å². The average Bonchev–Trinajstić information content (AvgIpc) is 2.65. The van der Waals surface area contributed by atoms with E-state index in [2.05, 4.69) is 0 Å². The number of aryl methyl sites for hydroxylation is 1. The largest absolute Gasteiger partial charge is 0.465 e. The first-order valence-corrected chi connectivity index (χ1v) is 10.1. The predicted octanol–water partition coefficient (Wildman–Crippen LogP) is 2.66. The van der Waals surface area contributed by atoms with Crippen LogP contribution in [0.25, 0.3) is 0 Å². The first kappa shape index (κ1) is 17.7. The summed E-state index contributed by atoms with van der Waals surface area (Å²) in [6.07, 6.45) is 0.378. The van der Waals surface area contributed by atoms with Crippen molar-refractivity contribution in [2.24, 2.45) is 5.92 Å². The molecule has 1 saturated carbocycles. The van der Waals surface area contributed by atoms with Crippen LogP contribution in [0.3, 0.4) is 0 Å². The highest BCUT2D eigenvalue weighted by molar-refractivity contribution is 7.92. The topological polar surface area (TPSA) is 80.8 Å². The molecule has 0 radical (unpaired) electrons. The van der Waals surface area contributed by atoms with Gasteiger partial charge in [0.05, 0.1) is 23.3 Å². The van der Waals surface area contributed by atoms with Gasteiger partial charge in [0.1, 0.15) is 5.78 Å². The molecule has 2 aliphatic rings. The highest BCUT2D eigenvalue weighted by atomic mass is 32.2. The number of carbonyl (C=O) groups excluding carboxylic acids is 2. The molecular formula is C20H19NO5S. The Morgan fingerprint density at radius 2 is 1.85 bits per heavy atom. The summed E-state index contributed by atoms with van der Waals surface area (Å²) in [4.78, 5) is 24.2. The number of esters is 1. The molecule has 2 aromatic rings. The number of hydrogen-bond acceptors (Lipinski definition) is 5. The van der Waals surface area contributed by atoms with Crippen molar-refractivity contribution < 1.29 is 22.7 Å². The van der Waals surface area contributed by atoms with Gasteiger partial charge in [-0.3, -0.25) is 9.10 Å². The molecule has 2 atom stereocenters. The van der Waals surface area contributed by atoms with Crippen LogP contribution in [0.15, 0.2) is 47.4 Å². The fraction of sp³-hybridized carbons (Fsp3) is 0.300. The van der Waals surface area contributed by atoms with Crippen molar-refractivity contribution in [2.75, 3.05) is 18.0 Å². The Bertz CT molecular complexity index is 1040. The SMILES string of the molecule is COC(=O)c1ccc2c(c1)N(S(=O)(=O)c1ccc(C)cc1)C[C@H]1CC(=O)[C@@H]21. The summed E-state index contributed by atoms with van der Waals surface area (Å²) in [7, 11) is -2.54. The lowest BCUT2D eigenvalue weighted by molar-refractivity contribution is -0.129. The summed E-state index contributed by atoms with van der Waals surface area (Å²) < 4.78 is 32.7. The Labute approximate surface area is 157 Å². The van der Waals surface area contributed by atoms with Crippen LogP contribution in [0.4, 0.5) is 5.69 Å². The number of ether oxygens (including phenoxy) is 1. The normalized spacial score (nSPS) is 21.1. The minimum absolute atomic E-state index is 0.0331. The molecule has 1 aliphatic heterocycles. The summed E-state index contributed by atoms with van der Waals surface area (Å²) in [5.41, 5.74) is 2.26. The van der Waals surface area contributed by atoms with E-state index in [1.54, 1.807) is 36.4 Å². The molecule has 0 unspecified atom stereocenters. The molecule has 0 bridgehead atoms. The number of hydrogen-bond donors (Lipinski definition) is 0. The fourth-order valence-corrected chi connectivity index (χ4v) is 5.39. The summed E-state index contributed by atoms with van der Waals surface area (Å²) in [5.74, 6) is -0.766. The van der Waals surface area contributed by atoms with Gasteiger partial charge in [0.15, 0.2) is 0 Å². The second kappa shape index (κ2) is 6.20. The van der Waals surface area contributed by atoms with Gasteiger partial charge >= 0.3 is 5.97 Å². The van der Waals surface area contributed by atoms with Gasteiger partial charge in [-0.1, -0.05) is 23.8 Å². The molecule has 140 valence electrons. The van der Waals surface area contributed by atoms with E-state index in [1.165, 1.54) is 17.5 Å². The van der Waals surface area contributed by atoms with Crippen LogP contribution in [-0.4, -0.2) is 33.8 Å². The van der Waals surface area contributed by atoms with Gasteiger partial charge in [-0.2, -0.15) is 0 Å². The third-order valence-corrected chi connectivity index (χ3v) is 7.14. The van der Waals surface area contributed by atoms with Crippen molar-refractivity contribution in [3.05, 3.63) is 59.2 Å².